The Morgan fingerprint density at radius 2 is 1.63 bits per heavy atom. The molecule has 1 aromatic carbocycles. The lowest BCUT2D eigenvalue weighted by molar-refractivity contribution is -0.204. The second kappa shape index (κ2) is 8.09. The predicted octanol–water partition coefficient (Wildman–Crippen LogP) is 5.00. The molecule has 0 aliphatic heterocycles. The molecule has 0 N–H and O–H groups in total. The van der Waals surface area contributed by atoms with Crippen molar-refractivity contribution in [3.63, 3.8) is 0 Å². The van der Waals surface area contributed by atoms with Crippen molar-refractivity contribution >= 4 is 11.9 Å². The Bertz CT molecular complexity index is 796. The molecule has 4 aliphatic rings. The molecular formula is C25H32O5. The maximum atomic E-state index is 12.6. The van der Waals surface area contributed by atoms with Crippen LogP contribution in [-0.4, -0.2) is 24.1 Å². The normalized spacial score (nSPS) is 32.4. The molecule has 1 atom stereocenters. The number of hydrogen-bond donors (Lipinski definition) is 0. The number of carbonyl (C=O) groups excluding carboxylic acids is 2. The molecule has 0 spiro atoms. The van der Waals surface area contributed by atoms with Crippen LogP contribution in [0.4, 0.5) is 0 Å². The fourth-order valence-corrected chi connectivity index (χ4v) is 5.87. The van der Waals surface area contributed by atoms with Crippen molar-refractivity contribution < 1.29 is 23.8 Å². The van der Waals surface area contributed by atoms with Gasteiger partial charge >= 0.3 is 11.9 Å². The average Bonchev–Trinajstić information content (AvgIpc) is 2.70. The fraction of sp³-hybridized carbons (Fsp3) is 0.600. The summed E-state index contributed by atoms with van der Waals surface area (Å²) >= 11 is 0. The highest BCUT2D eigenvalue weighted by molar-refractivity contribution is 5.87. The van der Waals surface area contributed by atoms with Crippen LogP contribution in [0.15, 0.2) is 36.4 Å². The fourth-order valence-electron chi connectivity index (χ4n) is 5.87. The lowest BCUT2D eigenvalue weighted by Gasteiger charge is -2.59. The molecule has 5 heteroatoms. The minimum atomic E-state index is -0.413. The quantitative estimate of drug-likeness (QED) is 0.466. The van der Waals surface area contributed by atoms with Crippen LogP contribution in [0, 0.1) is 23.7 Å². The third kappa shape index (κ3) is 4.12. The molecule has 4 fully saturated rings. The van der Waals surface area contributed by atoms with Crippen molar-refractivity contribution in [1.82, 2.24) is 0 Å². The highest BCUT2D eigenvalue weighted by atomic mass is 16.6. The van der Waals surface area contributed by atoms with Crippen LogP contribution in [0.2, 0.25) is 0 Å². The highest BCUT2D eigenvalue weighted by Gasteiger charge is 2.57. The molecule has 0 aromatic heterocycles. The lowest BCUT2D eigenvalue weighted by atomic mass is 9.50. The molecule has 0 heterocycles. The molecule has 5 rings (SSSR count). The van der Waals surface area contributed by atoms with E-state index in [2.05, 4.69) is 13.5 Å². The zero-order chi connectivity index (χ0) is 21.5. The van der Waals surface area contributed by atoms with E-state index in [9.17, 15) is 9.59 Å². The molecular weight excluding hydrogens is 380 g/mol. The van der Waals surface area contributed by atoms with Crippen LogP contribution < -0.4 is 4.74 Å². The summed E-state index contributed by atoms with van der Waals surface area (Å²) in [4.78, 5) is 24.2. The minimum absolute atomic E-state index is 0.0958. The van der Waals surface area contributed by atoms with E-state index >= 15 is 0 Å². The van der Waals surface area contributed by atoms with Gasteiger partial charge in [-0.15, -0.1) is 0 Å². The number of hydrogen-bond acceptors (Lipinski definition) is 5. The third-order valence-corrected chi connectivity index (χ3v) is 7.43. The summed E-state index contributed by atoms with van der Waals surface area (Å²) in [7, 11) is 0. The van der Waals surface area contributed by atoms with Crippen molar-refractivity contribution in [2.24, 2.45) is 23.7 Å². The Balaban J connectivity index is 1.29. The van der Waals surface area contributed by atoms with E-state index in [0.717, 1.165) is 17.4 Å². The van der Waals surface area contributed by atoms with Crippen LogP contribution in [-0.2, 0) is 19.1 Å². The monoisotopic (exact) mass is 412 g/mol. The summed E-state index contributed by atoms with van der Waals surface area (Å²) in [6.07, 6.45) is 5.80. The van der Waals surface area contributed by atoms with Gasteiger partial charge < -0.3 is 14.2 Å². The van der Waals surface area contributed by atoms with Crippen molar-refractivity contribution in [3.8, 4) is 5.75 Å². The van der Waals surface area contributed by atoms with Crippen LogP contribution in [0.5, 0.6) is 5.75 Å². The number of carbonyl (C=O) groups is 2. The molecule has 4 aliphatic carbocycles. The summed E-state index contributed by atoms with van der Waals surface area (Å²) in [6.45, 7) is 9.06. The van der Waals surface area contributed by atoms with E-state index in [4.69, 9.17) is 14.2 Å². The zero-order valence-electron chi connectivity index (χ0n) is 18.2. The topological polar surface area (TPSA) is 61.8 Å². The standard InChI is InChI=1S/C25H32O5/c1-15(2)24(27)29-16(3)19-5-7-22(8-6-19)28-14-23(26)30-25(4)20-10-17-9-18(12-20)13-21(25)11-17/h5-8,16-18,20-21H,1,9-14H2,2-4H3. The number of ether oxygens (including phenoxy) is 3. The Labute approximate surface area is 178 Å². The Morgan fingerprint density at radius 3 is 2.17 bits per heavy atom. The highest BCUT2D eigenvalue weighted by Crippen LogP contribution is 2.59. The maximum absolute atomic E-state index is 12.6. The third-order valence-electron chi connectivity index (χ3n) is 7.43. The summed E-state index contributed by atoms with van der Waals surface area (Å²) in [6, 6.07) is 7.21. The first-order chi connectivity index (χ1) is 14.2. The van der Waals surface area contributed by atoms with Gasteiger partial charge in [-0.3, -0.25) is 0 Å². The summed E-state index contributed by atoms with van der Waals surface area (Å²) in [5.74, 6) is 2.56. The van der Waals surface area contributed by atoms with Crippen LogP contribution in [0.1, 0.15) is 64.5 Å². The van der Waals surface area contributed by atoms with Gasteiger partial charge in [0.1, 0.15) is 17.5 Å². The molecule has 0 radical (unpaired) electrons. The van der Waals surface area contributed by atoms with Crippen molar-refractivity contribution in [2.75, 3.05) is 6.61 Å². The molecule has 5 nitrogen and oxygen atoms in total. The van der Waals surface area contributed by atoms with Crippen LogP contribution >= 0.6 is 0 Å². The summed E-state index contributed by atoms with van der Waals surface area (Å²) in [5, 5.41) is 0. The van der Waals surface area contributed by atoms with Crippen molar-refractivity contribution in [1.29, 1.82) is 0 Å². The largest absolute Gasteiger partial charge is 0.482 e. The van der Waals surface area contributed by atoms with Gasteiger partial charge in [-0.1, -0.05) is 18.7 Å². The minimum Gasteiger partial charge on any atom is -0.482 e. The van der Waals surface area contributed by atoms with Crippen LogP contribution in [0.3, 0.4) is 0 Å². The van der Waals surface area contributed by atoms with Crippen molar-refractivity contribution in [3.05, 3.63) is 42.0 Å². The van der Waals surface area contributed by atoms with Gasteiger partial charge in [0.2, 0.25) is 0 Å². The number of benzene rings is 1. The molecule has 162 valence electrons. The molecule has 1 unspecified atom stereocenters. The van der Waals surface area contributed by atoms with Gasteiger partial charge in [0.05, 0.1) is 0 Å². The molecule has 0 saturated heterocycles. The van der Waals surface area contributed by atoms with Gasteiger partial charge in [0.15, 0.2) is 6.61 Å². The van der Waals surface area contributed by atoms with Gasteiger partial charge in [-0.25, -0.2) is 9.59 Å². The molecule has 0 amide bonds. The average molecular weight is 413 g/mol. The molecule has 1 aromatic rings. The smallest absolute Gasteiger partial charge is 0.344 e. The first-order valence-corrected chi connectivity index (χ1v) is 11.1. The second-order valence-electron chi connectivity index (χ2n) is 9.65. The van der Waals surface area contributed by atoms with Gasteiger partial charge in [-0.2, -0.15) is 0 Å². The van der Waals surface area contributed by atoms with Gasteiger partial charge in [-0.05, 0) is 94.2 Å². The van der Waals surface area contributed by atoms with Crippen LogP contribution in [0.25, 0.3) is 0 Å². The zero-order valence-corrected chi connectivity index (χ0v) is 18.2. The lowest BCUT2D eigenvalue weighted by Crippen LogP contribution is -2.58. The first-order valence-electron chi connectivity index (χ1n) is 11.1. The van der Waals surface area contributed by atoms with E-state index in [1.54, 1.807) is 26.0 Å². The van der Waals surface area contributed by atoms with Gasteiger partial charge in [0, 0.05) is 5.57 Å². The van der Waals surface area contributed by atoms with E-state index in [-0.39, 0.29) is 24.3 Å². The maximum Gasteiger partial charge on any atom is 0.344 e. The Morgan fingerprint density at radius 1 is 1.07 bits per heavy atom. The van der Waals surface area contributed by atoms with E-state index in [0.29, 0.717) is 23.2 Å². The second-order valence-corrected chi connectivity index (χ2v) is 9.65. The SMILES string of the molecule is C=C(C)C(=O)OC(C)c1ccc(OCC(=O)OC2(C)C3CC4CC(C3)CC2C4)cc1. The van der Waals surface area contributed by atoms with E-state index < -0.39 is 5.97 Å². The van der Waals surface area contributed by atoms with Gasteiger partial charge in [0.25, 0.3) is 0 Å². The van der Waals surface area contributed by atoms with Crippen molar-refractivity contribution in [2.45, 2.75) is 64.6 Å². The summed E-state index contributed by atoms with van der Waals surface area (Å²) < 4.78 is 17.0. The Hall–Kier alpha value is -2.30. The number of esters is 2. The van der Waals surface area contributed by atoms with E-state index in [1.165, 1.54) is 32.1 Å². The van der Waals surface area contributed by atoms with E-state index in [1.807, 2.05) is 12.1 Å². The summed E-state index contributed by atoms with van der Waals surface area (Å²) in [5.41, 5.74) is 0.883. The Kier molecular flexibility index (Phi) is 5.65. The predicted molar refractivity (Wildman–Crippen MR) is 113 cm³/mol. The molecule has 30 heavy (non-hydrogen) atoms. The first kappa shape index (κ1) is 21.0. The molecule has 4 bridgehead atoms. The molecule has 4 saturated carbocycles. The number of rotatable bonds is 7.